The Morgan fingerprint density at radius 2 is 2.05 bits per heavy atom. The molecule has 1 atom stereocenters. The summed E-state index contributed by atoms with van der Waals surface area (Å²) in [5.74, 6) is -1.75. The highest BCUT2D eigenvalue weighted by molar-refractivity contribution is 6.07. The largest absolute Gasteiger partial charge is 0.478 e. The number of imide groups is 1. The van der Waals surface area contributed by atoms with Crippen molar-refractivity contribution >= 4 is 17.9 Å². The average molecular weight is 264 g/mol. The van der Waals surface area contributed by atoms with Gasteiger partial charge >= 0.3 is 12.0 Å². The number of urea groups is 1. The number of hydrogen-bond donors (Lipinski definition) is 4. The van der Waals surface area contributed by atoms with E-state index >= 15 is 0 Å². The van der Waals surface area contributed by atoms with Gasteiger partial charge in [-0.3, -0.25) is 10.1 Å². The fraction of sp³-hybridized carbons (Fsp3) is 0.250. The van der Waals surface area contributed by atoms with E-state index in [9.17, 15) is 19.5 Å². The lowest BCUT2D eigenvalue weighted by Crippen LogP contribution is -2.47. The molecule has 0 bridgehead atoms. The van der Waals surface area contributed by atoms with E-state index in [1.165, 1.54) is 18.2 Å². The van der Waals surface area contributed by atoms with Crippen molar-refractivity contribution in [2.24, 2.45) is 0 Å². The molecule has 4 N–H and O–H groups in total. The van der Waals surface area contributed by atoms with Crippen LogP contribution in [0.5, 0.6) is 0 Å². The number of carbonyl (C=O) groups is 3. The zero-order chi connectivity index (χ0) is 14.2. The SMILES string of the molecule is Cc1cc(C2(CO)NC(=O)NC2=O)ccc1C(=O)O. The van der Waals surface area contributed by atoms with Gasteiger partial charge in [-0.1, -0.05) is 12.1 Å². The fourth-order valence-electron chi connectivity index (χ4n) is 2.07. The van der Waals surface area contributed by atoms with E-state index in [0.29, 0.717) is 11.1 Å². The van der Waals surface area contributed by atoms with Crippen LogP contribution in [0.3, 0.4) is 0 Å². The number of aromatic carboxylic acids is 1. The summed E-state index contributed by atoms with van der Waals surface area (Å²) in [4.78, 5) is 33.9. The predicted octanol–water partition coefficient (Wildman–Crippen LogP) is -0.280. The summed E-state index contributed by atoms with van der Waals surface area (Å²) in [5.41, 5.74) is -0.687. The standard InChI is InChI=1S/C12H12N2O5/c1-6-4-7(2-3-8(6)9(16)17)12(5-15)10(18)13-11(19)14-12/h2-4,15H,5H2,1H3,(H,16,17)(H2,13,14,18,19). The highest BCUT2D eigenvalue weighted by Crippen LogP contribution is 2.26. The molecular weight excluding hydrogens is 252 g/mol. The Bertz CT molecular complexity index is 583. The number of carbonyl (C=O) groups excluding carboxylic acids is 2. The Balaban J connectivity index is 2.51. The van der Waals surface area contributed by atoms with Gasteiger partial charge in [0.05, 0.1) is 12.2 Å². The summed E-state index contributed by atoms with van der Waals surface area (Å²) in [6.07, 6.45) is 0. The molecule has 1 fully saturated rings. The van der Waals surface area contributed by atoms with Crippen LogP contribution in [0.25, 0.3) is 0 Å². The highest BCUT2D eigenvalue weighted by atomic mass is 16.4. The third-order valence-corrected chi connectivity index (χ3v) is 3.13. The molecule has 0 radical (unpaired) electrons. The Kier molecular flexibility index (Phi) is 2.99. The molecule has 1 heterocycles. The van der Waals surface area contributed by atoms with E-state index in [2.05, 4.69) is 5.32 Å². The number of hydrogen-bond acceptors (Lipinski definition) is 4. The van der Waals surface area contributed by atoms with Gasteiger partial charge < -0.3 is 15.5 Å². The second-order valence-corrected chi connectivity index (χ2v) is 4.31. The van der Waals surface area contributed by atoms with Gasteiger partial charge in [0.25, 0.3) is 5.91 Å². The third-order valence-electron chi connectivity index (χ3n) is 3.13. The molecule has 1 saturated heterocycles. The maximum Gasteiger partial charge on any atom is 0.335 e. The van der Waals surface area contributed by atoms with Crippen LogP contribution in [0.1, 0.15) is 21.5 Å². The van der Waals surface area contributed by atoms with Gasteiger partial charge in [-0.2, -0.15) is 0 Å². The molecule has 0 aromatic heterocycles. The molecule has 2 rings (SSSR count). The van der Waals surface area contributed by atoms with Crippen molar-refractivity contribution in [1.82, 2.24) is 10.6 Å². The zero-order valence-corrected chi connectivity index (χ0v) is 10.1. The van der Waals surface area contributed by atoms with Crippen LogP contribution in [0.15, 0.2) is 18.2 Å². The second-order valence-electron chi connectivity index (χ2n) is 4.31. The van der Waals surface area contributed by atoms with E-state index in [-0.39, 0.29) is 5.56 Å². The van der Waals surface area contributed by atoms with Gasteiger partial charge in [0.2, 0.25) is 0 Å². The van der Waals surface area contributed by atoms with E-state index in [4.69, 9.17) is 5.11 Å². The Hall–Kier alpha value is -2.41. The summed E-state index contributed by atoms with van der Waals surface area (Å²) in [5, 5.41) is 22.8. The second kappa shape index (κ2) is 4.36. The molecule has 100 valence electrons. The quantitative estimate of drug-likeness (QED) is 0.560. The van der Waals surface area contributed by atoms with Crippen LogP contribution in [0, 0.1) is 6.92 Å². The van der Waals surface area contributed by atoms with Gasteiger partial charge in [0, 0.05) is 0 Å². The number of carboxylic acids is 1. The monoisotopic (exact) mass is 264 g/mol. The molecule has 7 nitrogen and oxygen atoms in total. The normalized spacial score (nSPS) is 22.0. The Labute approximate surface area is 108 Å². The number of nitrogens with one attached hydrogen (secondary N) is 2. The first-order chi connectivity index (χ1) is 8.90. The molecule has 1 aliphatic rings. The minimum Gasteiger partial charge on any atom is -0.478 e. The minimum atomic E-state index is -1.56. The van der Waals surface area contributed by atoms with Crippen molar-refractivity contribution < 1.29 is 24.6 Å². The van der Waals surface area contributed by atoms with Crippen molar-refractivity contribution in [3.63, 3.8) is 0 Å². The van der Waals surface area contributed by atoms with Crippen molar-refractivity contribution in [1.29, 1.82) is 0 Å². The van der Waals surface area contributed by atoms with E-state index in [0.717, 1.165) is 0 Å². The van der Waals surface area contributed by atoms with Crippen molar-refractivity contribution in [3.8, 4) is 0 Å². The molecule has 7 heteroatoms. The number of carboxylic acid groups (broad SMARTS) is 1. The number of aryl methyl sites for hydroxylation is 1. The number of aliphatic hydroxyl groups is 1. The molecule has 3 amide bonds. The topological polar surface area (TPSA) is 116 Å². The van der Waals surface area contributed by atoms with Crippen molar-refractivity contribution in [2.45, 2.75) is 12.5 Å². The van der Waals surface area contributed by atoms with Crippen molar-refractivity contribution in [3.05, 3.63) is 34.9 Å². The van der Waals surface area contributed by atoms with Crippen LogP contribution in [0.2, 0.25) is 0 Å². The summed E-state index contributed by atoms with van der Waals surface area (Å²) in [7, 11) is 0. The zero-order valence-electron chi connectivity index (χ0n) is 10.1. The summed E-state index contributed by atoms with van der Waals surface area (Å²) in [6, 6.07) is 3.50. The van der Waals surface area contributed by atoms with Gasteiger partial charge in [-0.25, -0.2) is 9.59 Å². The van der Waals surface area contributed by atoms with Crippen LogP contribution < -0.4 is 10.6 Å². The van der Waals surface area contributed by atoms with Crippen LogP contribution in [0.4, 0.5) is 4.79 Å². The van der Waals surface area contributed by atoms with Gasteiger partial charge in [-0.15, -0.1) is 0 Å². The smallest absolute Gasteiger partial charge is 0.335 e. The lowest BCUT2D eigenvalue weighted by Gasteiger charge is -2.24. The van der Waals surface area contributed by atoms with Gasteiger partial charge in [0.1, 0.15) is 0 Å². The van der Waals surface area contributed by atoms with E-state index < -0.39 is 30.1 Å². The van der Waals surface area contributed by atoms with Crippen LogP contribution in [-0.4, -0.2) is 34.7 Å². The van der Waals surface area contributed by atoms with Crippen LogP contribution >= 0.6 is 0 Å². The lowest BCUT2D eigenvalue weighted by molar-refractivity contribution is -0.125. The molecule has 0 aliphatic carbocycles. The molecule has 1 aromatic rings. The number of rotatable bonds is 3. The predicted molar refractivity (Wildman–Crippen MR) is 63.6 cm³/mol. The maximum absolute atomic E-state index is 11.8. The minimum absolute atomic E-state index is 0.0987. The molecule has 19 heavy (non-hydrogen) atoms. The highest BCUT2D eigenvalue weighted by Gasteiger charge is 2.47. The lowest BCUT2D eigenvalue weighted by atomic mass is 9.88. The molecule has 1 aromatic carbocycles. The fourth-order valence-corrected chi connectivity index (χ4v) is 2.07. The molecule has 1 aliphatic heterocycles. The summed E-state index contributed by atoms with van der Waals surface area (Å²) < 4.78 is 0. The van der Waals surface area contributed by atoms with E-state index in [1.807, 2.05) is 5.32 Å². The Morgan fingerprint density at radius 3 is 2.47 bits per heavy atom. The third kappa shape index (κ3) is 1.93. The first-order valence-corrected chi connectivity index (χ1v) is 5.49. The first kappa shape index (κ1) is 13.0. The van der Waals surface area contributed by atoms with Gasteiger partial charge in [-0.05, 0) is 24.1 Å². The van der Waals surface area contributed by atoms with Crippen molar-refractivity contribution in [2.75, 3.05) is 6.61 Å². The maximum atomic E-state index is 11.8. The molecule has 0 saturated carbocycles. The van der Waals surface area contributed by atoms with Gasteiger partial charge in [0.15, 0.2) is 5.54 Å². The number of amides is 3. The average Bonchev–Trinajstić information content (AvgIpc) is 2.64. The summed E-state index contributed by atoms with van der Waals surface area (Å²) in [6.45, 7) is 0.961. The molecule has 1 unspecified atom stereocenters. The molecule has 0 spiro atoms. The summed E-state index contributed by atoms with van der Waals surface area (Å²) >= 11 is 0. The van der Waals surface area contributed by atoms with Crippen LogP contribution in [-0.2, 0) is 10.3 Å². The number of benzene rings is 1. The molecular formula is C12H12N2O5. The van der Waals surface area contributed by atoms with E-state index in [1.54, 1.807) is 6.92 Å². The number of aliphatic hydroxyl groups excluding tert-OH is 1. The Morgan fingerprint density at radius 1 is 1.37 bits per heavy atom. The first-order valence-electron chi connectivity index (χ1n) is 5.49.